The number of nitrogens with zero attached hydrogens (tertiary/aromatic N) is 2. The average Bonchev–Trinajstić information content (AvgIpc) is 2.92. The minimum absolute atomic E-state index is 0. The lowest BCUT2D eigenvalue weighted by molar-refractivity contribution is -0.123. The van der Waals surface area contributed by atoms with E-state index in [-0.39, 0.29) is 24.4 Å². The third kappa shape index (κ3) is 3.84. The van der Waals surface area contributed by atoms with E-state index in [2.05, 4.69) is 32.9 Å². The summed E-state index contributed by atoms with van der Waals surface area (Å²) in [6.07, 6.45) is 1.28. The number of nitrogens with one attached hydrogen (secondary N) is 2. The van der Waals surface area contributed by atoms with E-state index in [1.807, 2.05) is 12.1 Å². The highest BCUT2D eigenvalue weighted by atomic mass is 35.5. The molecule has 1 unspecified atom stereocenters. The summed E-state index contributed by atoms with van der Waals surface area (Å²) in [4.78, 5) is 16.3. The van der Waals surface area contributed by atoms with E-state index >= 15 is 0 Å². The van der Waals surface area contributed by atoms with Crippen LogP contribution in [-0.4, -0.2) is 28.6 Å². The van der Waals surface area contributed by atoms with E-state index in [1.54, 1.807) is 6.92 Å². The third-order valence-electron chi connectivity index (χ3n) is 3.61. The van der Waals surface area contributed by atoms with Crippen LogP contribution in [-0.2, 0) is 24.2 Å². The fourth-order valence-corrected chi connectivity index (χ4v) is 2.50. The minimum Gasteiger partial charge on any atom is -0.354 e. The summed E-state index contributed by atoms with van der Waals surface area (Å²) in [5.41, 5.74) is 2.51. The SMILES string of the molecule is Cc1noc(CCNC(=O)C2Cc3ccccc3CN2)n1.Cl. The van der Waals surface area contributed by atoms with Gasteiger partial charge in [0.2, 0.25) is 11.8 Å². The second-order valence-corrected chi connectivity index (χ2v) is 5.18. The molecule has 7 heteroatoms. The van der Waals surface area contributed by atoms with Crippen molar-refractivity contribution in [2.45, 2.75) is 32.4 Å². The van der Waals surface area contributed by atoms with Gasteiger partial charge >= 0.3 is 0 Å². The van der Waals surface area contributed by atoms with E-state index in [9.17, 15) is 4.79 Å². The summed E-state index contributed by atoms with van der Waals surface area (Å²) in [6, 6.07) is 8.03. The highest BCUT2D eigenvalue weighted by Gasteiger charge is 2.23. The van der Waals surface area contributed by atoms with Crippen LogP contribution in [0.15, 0.2) is 28.8 Å². The van der Waals surface area contributed by atoms with Gasteiger partial charge in [-0.05, 0) is 24.5 Å². The monoisotopic (exact) mass is 322 g/mol. The molecule has 1 amide bonds. The molecule has 6 nitrogen and oxygen atoms in total. The number of benzene rings is 1. The molecule has 0 fully saturated rings. The molecule has 0 saturated heterocycles. The van der Waals surface area contributed by atoms with E-state index < -0.39 is 0 Å². The van der Waals surface area contributed by atoms with E-state index in [4.69, 9.17) is 4.52 Å². The number of hydrogen-bond acceptors (Lipinski definition) is 5. The van der Waals surface area contributed by atoms with Crippen LogP contribution in [0.25, 0.3) is 0 Å². The van der Waals surface area contributed by atoms with Crippen molar-refractivity contribution >= 4 is 18.3 Å². The smallest absolute Gasteiger partial charge is 0.237 e. The number of fused-ring (bicyclic) bond motifs is 1. The van der Waals surface area contributed by atoms with Crippen molar-refractivity contribution in [3.8, 4) is 0 Å². The first-order chi connectivity index (χ1) is 10.2. The Bertz CT molecular complexity index is 644. The van der Waals surface area contributed by atoms with Crippen LogP contribution in [0.2, 0.25) is 0 Å². The molecule has 0 aliphatic carbocycles. The van der Waals surface area contributed by atoms with Crippen molar-refractivity contribution in [3.63, 3.8) is 0 Å². The largest absolute Gasteiger partial charge is 0.354 e. The van der Waals surface area contributed by atoms with Crippen LogP contribution in [0.1, 0.15) is 22.8 Å². The predicted molar refractivity (Wildman–Crippen MR) is 83.8 cm³/mol. The maximum absolute atomic E-state index is 12.2. The Kier molecular flexibility index (Phi) is 5.51. The van der Waals surface area contributed by atoms with Crippen molar-refractivity contribution in [2.75, 3.05) is 6.54 Å². The van der Waals surface area contributed by atoms with Crippen LogP contribution in [0.5, 0.6) is 0 Å². The minimum atomic E-state index is -0.177. The van der Waals surface area contributed by atoms with Crippen LogP contribution >= 0.6 is 12.4 Å². The first-order valence-electron chi connectivity index (χ1n) is 7.09. The molecule has 1 aromatic heterocycles. The summed E-state index contributed by atoms with van der Waals surface area (Å²) >= 11 is 0. The molecule has 22 heavy (non-hydrogen) atoms. The molecule has 1 aliphatic rings. The van der Waals surface area contributed by atoms with Crippen molar-refractivity contribution < 1.29 is 9.32 Å². The summed E-state index contributed by atoms with van der Waals surface area (Å²) in [7, 11) is 0. The summed E-state index contributed by atoms with van der Waals surface area (Å²) in [5.74, 6) is 1.18. The first-order valence-corrected chi connectivity index (χ1v) is 7.09. The van der Waals surface area contributed by atoms with Crippen molar-refractivity contribution in [3.05, 3.63) is 47.1 Å². The quantitative estimate of drug-likeness (QED) is 0.883. The van der Waals surface area contributed by atoms with Crippen molar-refractivity contribution in [1.29, 1.82) is 0 Å². The van der Waals surface area contributed by atoms with E-state index in [0.717, 1.165) is 13.0 Å². The lowest BCUT2D eigenvalue weighted by atomic mass is 9.95. The number of rotatable bonds is 4. The Labute approximate surface area is 135 Å². The molecule has 0 spiro atoms. The maximum Gasteiger partial charge on any atom is 0.237 e. The van der Waals surface area contributed by atoms with Gasteiger partial charge < -0.3 is 15.2 Å². The molecule has 0 bridgehead atoms. The van der Waals surface area contributed by atoms with Crippen molar-refractivity contribution in [2.24, 2.45) is 0 Å². The standard InChI is InChI=1S/C15H18N4O2.ClH/c1-10-18-14(21-19-10)6-7-16-15(20)13-8-11-4-2-3-5-12(11)9-17-13;/h2-5,13,17H,6-9H2,1H3,(H,16,20);1H. The number of halogens is 1. The number of amides is 1. The molecule has 2 N–H and O–H groups in total. The zero-order valence-electron chi connectivity index (χ0n) is 12.3. The van der Waals surface area contributed by atoms with Gasteiger partial charge in [-0.1, -0.05) is 29.4 Å². The first kappa shape index (κ1) is 16.5. The molecule has 3 rings (SSSR count). The zero-order chi connectivity index (χ0) is 14.7. The van der Waals surface area contributed by atoms with Crippen LogP contribution in [0.3, 0.4) is 0 Å². The third-order valence-corrected chi connectivity index (χ3v) is 3.61. The van der Waals surface area contributed by atoms with Gasteiger partial charge in [0.1, 0.15) is 0 Å². The fourth-order valence-electron chi connectivity index (χ4n) is 2.50. The molecular weight excluding hydrogens is 304 g/mol. The van der Waals surface area contributed by atoms with Crippen LogP contribution < -0.4 is 10.6 Å². The topological polar surface area (TPSA) is 80.0 Å². The van der Waals surface area contributed by atoms with Gasteiger partial charge in [-0.3, -0.25) is 4.79 Å². The van der Waals surface area contributed by atoms with Gasteiger partial charge in [-0.25, -0.2) is 0 Å². The number of carbonyl (C=O) groups excluding carboxylic acids is 1. The van der Waals surface area contributed by atoms with Gasteiger partial charge in [-0.15, -0.1) is 12.4 Å². The molecule has 1 aromatic carbocycles. The highest BCUT2D eigenvalue weighted by Crippen LogP contribution is 2.16. The second kappa shape index (κ2) is 7.38. The second-order valence-electron chi connectivity index (χ2n) is 5.18. The van der Waals surface area contributed by atoms with Gasteiger partial charge in [0.05, 0.1) is 6.04 Å². The van der Waals surface area contributed by atoms with Gasteiger partial charge in [-0.2, -0.15) is 4.98 Å². The average molecular weight is 323 g/mol. The summed E-state index contributed by atoms with van der Waals surface area (Å²) < 4.78 is 5.01. The lowest BCUT2D eigenvalue weighted by Gasteiger charge is -2.25. The number of hydrogen-bond donors (Lipinski definition) is 2. The van der Waals surface area contributed by atoms with E-state index in [0.29, 0.717) is 24.7 Å². The molecule has 0 radical (unpaired) electrons. The highest BCUT2D eigenvalue weighted by molar-refractivity contribution is 5.85. The van der Waals surface area contributed by atoms with E-state index in [1.165, 1.54) is 11.1 Å². The number of carbonyl (C=O) groups is 1. The molecule has 1 atom stereocenters. The lowest BCUT2D eigenvalue weighted by Crippen LogP contribution is -2.48. The molecule has 1 aliphatic heterocycles. The van der Waals surface area contributed by atoms with Crippen molar-refractivity contribution in [1.82, 2.24) is 20.8 Å². The van der Waals surface area contributed by atoms with Gasteiger partial charge in [0.25, 0.3) is 0 Å². The Morgan fingerprint density at radius 1 is 1.41 bits per heavy atom. The Morgan fingerprint density at radius 2 is 2.18 bits per heavy atom. The molecule has 0 saturated carbocycles. The Balaban J connectivity index is 0.00000176. The molecule has 2 aromatic rings. The van der Waals surface area contributed by atoms with Crippen LogP contribution in [0.4, 0.5) is 0 Å². The summed E-state index contributed by atoms with van der Waals surface area (Å²) in [5, 5.41) is 9.89. The molecule has 2 heterocycles. The number of aryl methyl sites for hydroxylation is 1. The Hall–Kier alpha value is -1.92. The number of aromatic nitrogens is 2. The normalized spacial score (nSPS) is 16.5. The van der Waals surface area contributed by atoms with Crippen LogP contribution in [0, 0.1) is 6.92 Å². The molecular formula is C15H19ClN4O2. The predicted octanol–water partition coefficient (Wildman–Crippen LogP) is 1.17. The maximum atomic E-state index is 12.2. The summed E-state index contributed by atoms with van der Waals surface area (Å²) in [6.45, 7) is 3.01. The Morgan fingerprint density at radius 3 is 2.91 bits per heavy atom. The van der Waals surface area contributed by atoms with Gasteiger partial charge in [0, 0.05) is 19.5 Å². The van der Waals surface area contributed by atoms with Gasteiger partial charge in [0.15, 0.2) is 5.82 Å². The zero-order valence-corrected chi connectivity index (χ0v) is 13.2. The fraction of sp³-hybridized carbons (Fsp3) is 0.400. The molecule has 118 valence electrons.